The number of rotatable bonds is 12. The van der Waals surface area contributed by atoms with Crippen LogP contribution in [0.2, 0.25) is 0 Å². The summed E-state index contributed by atoms with van der Waals surface area (Å²) in [5.74, 6) is 2.49. The summed E-state index contributed by atoms with van der Waals surface area (Å²) in [6, 6.07) is 42.7. The summed E-state index contributed by atoms with van der Waals surface area (Å²) in [4.78, 5) is 0. The Bertz CT molecular complexity index is 2000. The van der Waals surface area contributed by atoms with Gasteiger partial charge in [0.1, 0.15) is 22.8 Å². The molecular weight excluding hydrogens is 653 g/mol. The van der Waals surface area contributed by atoms with Crippen LogP contribution >= 0.6 is 0 Å². The minimum absolute atomic E-state index is 0.804. The lowest BCUT2D eigenvalue weighted by Crippen LogP contribution is -2.29. The highest BCUT2D eigenvalue weighted by molar-refractivity contribution is 5.74. The van der Waals surface area contributed by atoms with Crippen molar-refractivity contribution in [1.29, 1.82) is 0 Å². The van der Waals surface area contributed by atoms with Crippen LogP contribution in [0, 0.1) is 20.8 Å². The maximum Gasteiger partial charge on any atom is 0.140 e. The lowest BCUT2D eigenvalue weighted by atomic mass is 9.78. The van der Waals surface area contributed by atoms with E-state index in [0.717, 1.165) is 84.0 Å². The lowest BCUT2D eigenvalue weighted by molar-refractivity contribution is 0.125. The van der Waals surface area contributed by atoms with E-state index in [1.54, 1.807) is 21.3 Å². The van der Waals surface area contributed by atoms with E-state index in [2.05, 4.69) is 93.6 Å². The van der Waals surface area contributed by atoms with Gasteiger partial charge in [-0.15, -0.1) is 0 Å². The molecule has 0 atom stereocenters. The van der Waals surface area contributed by atoms with E-state index in [1.165, 1.54) is 0 Å². The monoisotopic (exact) mass is 698 g/mol. The van der Waals surface area contributed by atoms with Crippen LogP contribution in [0.3, 0.4) is 0 Å². The Labute approximate surface area is 314 Å². The summed E-state index contributed by atoms with van der Waals surface area (Å²) in [5.41, 5.74) is 10.7. The standard InChI is InChI=1S/C49H46O4/c1-34-31-43(22-19-40(34)16-7-37-10-25-46(51-4)26-11-37)49(50,44-23-20-41(35(2)32-44)17-8-38-12-27-47(52-5)28-13-38)45-24-21-42(36(3)33-45)18-9-39-14-29-48(53-6)30-15-39/h7-33,50H,1-6H3/b16-7+,17-8+,18-9+. The van der Waals surface area contributed by atoms with Crippen molar-refractivity contribution in [2.24, 2.45) is 0 Å². The molecule has 4 nitrogen and oxygen atoms in total. The maximum absolute atomic E-state index is 13.1. The van der Waals surface area contributed by atoms with Crippen molar-refractivity contribution >= 4 is 36.5 Å². The lowest BCUT2D eigenvalue weighted by Gasteiger charge is -2.32. The molecular formula is C49H46O4. The molecule has 0 amide bonds. The zero-order valence-electron chi connectivity index (χ0n) is 31.3. The van der Waals surface area contributed by atoms with E-state index in [4.69, 9.17) is 14.2 Å². The number of methoxy groups -OCH3 is 3. The third-order valence-electron chi connectivity index (χ3n) is 9.78. The Morgan fingerprint density at radius 1 is 0.377 bits per heavy atom. The van der Waals surface area contributed by atoms with E-state index < -0.39 is 5.60 Å². The molecule has 6 rings (SSSR count). The summed E-state index contributed by atoms with van der Waals surface area (Å²) >= 11 is 0. The van der Waals surface area contributed by atoms with Gasteiger partial charge in [0.2, 0.25) is 0 Å². The molecule has 6 aromatic rings. The summed E-state index contributed by atoms with van der Waals surface area (Å²) in [6.07, 6.45) is 12.6. The van der Waals surface area contributed by atoms with E-state index >= 15 is 0 Å². The highest BCUT2D eigenvalue weighted by Gasteiger charge is 2.35. The van der Waals surface area contributed by atoms with E-state index in [9.17, 15) is 5.11 Å². The summed E-state index contributed by atoms with van der Waals surface area (Å²) < 4.78 is 15.9. The summed E-state index contributed by atoms with van der Waals surface area (Å²) in [5, 5.41) is 13.1. The van der Waals surface area contributed by atoms with Crippen LogP contribution < -0.4 is 14.2 Å². The molecule has 0 fully saturated rings. The fourth-order valence-corrected chi connectivity index (χ4v) is 6.47. The van der Waals surface area contributed by atoms with Crippen LogP contribution in [0.5, 0.6) is 17.2 Å². The van der Waals surface area contributed by atoms with Crippen LogP contribution in [0.4, 0.5) is 0 Å². The summed E-state index contributed by atoms with van der Waals surface area (Å²) in [7, 11) is 5.01. The number of ether oxygens (including phenoxy) is 3. The maximum atomic E-state index is 13.1. The van der Waals surface area contributed by atoms with Gasteiger partial charge >= 0.3 is 0 Å². The fraction of sp³-hybridized carbons (Fsp3) is 0.143. The zero-order valence-corrected chi connectivity index (χ0v) is 31.3. The third-order valence-corrected chi connectivity index (χ3v) is 9.78. The predicted molar refractivity (Wildman–Crippen MR) is 221 cm³/mol. The van der Waals surface area contributed by atoms with Gasteiger partial charge in [0, 0.05) is 0 Å². The molecule has 0 aliphatic heterocycles. The molecule has 4 heteroatoms. The molecule has 0 spiro atoms. The Balaban J connectivity index is 1.37. The minimum Gasteiger partial charge on any atom is -0.497 e. The predicted octanol–water partition coefficient (Wildman–Crippen LogP) is 11.4. The number of hydrogen-bond donors (Lipinski definition) is 1. The van der Waals surface area contributed by atoms with Gasteiger partial charge in [0.25, 0.3) is 0 Å². The highest BCUT2D eigenvalue weighted by atomic mass is 16.5. The van der Waals surface area contributed by atoms with Gasteiger partial charge in [-0.2, -0.15) is 0 Å². The first-order valence-corrected chi connectivity index (χ1v) is 17.7. The van der Waals surface area contributed by atoms with Gasteiger partial charge in [-0.3, -0.25) is 0 Å². The normalized spacial score (nSPS) is 11.8. The van der Waals surface area contributed by atoms with Crippen molar-refractivity contribution in [3.63, 3.8) is 0 Å². The zero-order chi connectivity index (χ0) is 37.4. The molecule has 0 aliphatic rings. The van der Waals surface area contributed by atoms with Crippen molar-refractivity contribution in [2.45, 2.75) is 26.4 Å². The first-order valence-electron chi connectivity index (χ1n) is 17.7. The quantitative estimate of drug-likeness (QED) is 0.102. The SMILES string of the molecule is COc1ccc(/C=C/c2ccc(C(O)(c3ccc(/C=C/c4ccc(OC)cc4)c(C)c3)c3ccc(/C=C/c4ccc(OC)cc4)c(C)c3)cc2C)cc1. The fourth-order valence-electron chi connectivity index (χ4n) is 6.47. The molecule has 0 saturated heterocycles. The third kappa shape index (κ3) is 8.52. The Morgan fingerprint density at radius 3 is 0.868 bits per heavy atom. The summed E-state index contributed by atoms with van der Waals surface area (Å²) in [6.45, 7) is 6.27. The first-order chi connectivity index (χ1) is 25.7. The second-order valence-corrected chi connectivity index (χ2v) is 13.2. The molecule has 0 unspecified atom stereocenters. The van der Waals surface area contributed by atoms with Crippen molar-refractivity contribution in [1.82, 2.24) is 0 Å². The van der Waals surface area contributed by atoms with Crippen LogP contribution in [-0.4, -0.2) is 26.4 Å². The van der Waals surface area contributed by atoms with Gasteiger partial charge in [0.05, 0.1) is 21.3 Å². The van der Waals surface area contributed by atoms with Crippen molar-refractivity contribution < 1.29 is 19.3 Å². The molecule has 0 bridgehead atoms. The van der Waals surface area contributed by atoms with Crippen molar-refractivity contribution in [3.05, 3.63) is 194 Å². The number of hydrogen-bond acceptors (Lipinski definition) is 4. The van der Waals surface area contributed by atoms with Gasteiger partial charge in [-0.25, -0.2) is 0 Å². The topological polar surface area (TPSA) is 47.9 Å². The molecule has 0 aromatic heterocycles. The van der Waals surface area contributed by atoms with Gasteiger partial charge in [0.15, 0.2) is 0 Å². The van der Waals surface area contributed by atoms with E-state index in [0.29, 0.717) is 0 Å². The number of aliphatic hydroxyl groups is 1. The Hall–Kier alpha value is -6.10. The molecule has 1 N–H and O–H groups in total. The number of aryl methyl sites for hydroxylation is 3. The molecule has 0 aliphatic carbocycles. The van der Waals surface area contributed by atoms with E-state index in [-0.39, 0.29) is 0 Å². The van der Waals surface area contributed by atoms with Crippen molar-refractivity contribution in [3.8, 4) is 17.2 Å². The van der Waals surface area contributed by atoms with Crippen LogP contribution in [0.1, 0.15) is 66.8 Å². The van der Waals surface area contributed by atoms with Gasteiger partial charge < -0.3 is 19.3 Å². The highest BCUT2D eigenvalue weighted by Crippen LogP contribution is 2.39. The Morgan fingerprint density at radius 2 is 0.642 bits per heavy atom. The van der Waals surface area contributed by atoms with Gasteiger partial charge in [-0.05, 0) is 124 Å². The second-order valence-electron chi connectivity index (χ2n) is 13.2. The smallest absolute Gasteiger partial charge is 0.140 e. The number of benzene rings is 6. The minimum atomic E-state index is -1.41. The van der Waals surface area contributed by atoms with Crippen LogP contribution in [-0.2, 0) is 5.60 Å². The average Bonchev–Trinajstić information content (AvgIpc) is 3.19. The van der Waals surface area contributed by atoms with Crippen LogP contribution in [0.25, 0.3) is 36.5 Å². The second kappa shape index (κ2) is 16.5. The molecule has 0 saturated carbocycles. The van der Waals surface area contributed by atoms with E-state index in [1.807, 2.05) is 91.0 Å². The largest absolute Gasteiger partial charge is 0.497 e. The molecule has 0 heterocycles. The molecule has 266 valence electrons. The first kappa shape index (κ1) is 36.7. The van der Waals surface area contributed by atoms with Crippen LogP contribution in [0.15, 0.2) is 127 Å². The molecule has 6 aromatic carbocycles. The molecule has 0 radical (unpaired) electrons. The van der Waals surface area contributed by atoms with Gasteiger partial charge in [-0.1, -0.05) is 127 Å². The Kier molecular flexibility index (Phi) is 11.4. The molecule has 53 heavy (non-hydrogen) atoms. The average molecular weight is 699 g/mol. The van der Waals surface area contributed by atoms with Crippen molar-refractivity contribution in [2.75, 3.05) is 21.3 Å².